The van der Waals surface area contributed by atoms with Crippen molar-refractivity contribution in [2.24, 2.45) is 0 Å². The van der Waals surface area contributed by atoms with Crippen molar-refractivity contribution in [2.45, 2.75) is 25.4 Å². The van der Waals surface area contributed by atoms with Crippen LogP contribution in [0.25, 0.3) is 10.7 Å². The fourth-order valence-electron chi connectivity index (χ4n) is 3.35. The van der Waals surface area contributed by atoms with E-state index in [-0.39, 0.29) is 0 Å². The van der Waals surface area contributed by atoms with Gasteiger partial charge in [0.05, 0.1) is 11.4 Å². The first-order chi connectivity index (χ1) is 13.3. The van der Waals surface area contributed by atoms with Gasteiger partial charge in [-0.3, -0.25) is 4.98 Å². The first-order valence-corrected chi connectivity index (χ1v) is 10.0. The molecular weight excluding hydrogens is 358 g/mol. The number of hydrogen-bond donors (Lipinski definition) is 2. The van der Waals surface area contributed by atoms with Gasteiger partial charge in [-0.1, -0.05) is 6.07 Å². The Balaban J connectivity index is 1.34. The summed E-state index contributed by atoms with van der Waals surface area (Å²) in [6.45, 7) is 2.71. The highest BCUT2D eigenvalue weighted by atomic mass is 32.1. The molecule has 4 heterocycles. The van der Waals surface area contributed by atoms with E-state index >= 15 is 0 Å². The number of rotatable bonds is 7. The zero-order valence-electron chi connectivity index (χ0n) is 15.3. The number of hydrogen-bond acceptors (Lipinski definition) is 8. The number of aromatic nitrogens is 4. The van der Waals surface area contributed by atoms with E-state index in [9.17, 15) is 0 Å². The van der Waals surface area contributed by atoms with E-state index in [4.69, 9.17) is 4.98 Å². The lowest BCUT2D eigenvalue weighted by molar-refractivity contribution is 0.567. The second-order valence-electron chi connectivity index (χ2n) is 6.49. The Hall–Kier alpha value is -2.58. The van der Waals surface area contributed by atoms with Crippen LogP contribution in [0, 0.1) is 0 Å². The molecule has 8 heteroatoms. The van der Waals surface area contributed by atoms with Gasteiger partial charge in [-0.05, 0) is 25.0 Å². The zero-order chi connectivity index (χ0) is 18.5. The Morgan fingerprint density at radius 3 is 3.07 bits per heavy atom. The van der Waals surface area contributed by atoms with Crippen LogP contribution in [-0.2, 0) is 6.54 Å². The van der Waals surface area contributed by atoms with Crippen LogP contribution in [0.4, 0.5) is 11.6 Å². The number of pyridine rings is 1. The smallest absolute Gasteiger partial charge is 0.142 e. The molecule has 7 nitrogen and oxygen atoms in total. The fourth-order valence-corrected chi connectivity index (χ4v) is 4.15. The molecule has 0 aromatic carbocycles. The van der Waals surface area contributed by atoms with Gasteiger partial charge < -0.3 is 15.5 Å². The van der Waals surface area contributed by atoms with Gasteiger partial charge in [0.15, 0.2) is 0 Å². The summed E-state index contributed by atoms with van der Waals surface area (Å²) in [6.07, 6.45) is 5.78. The minimum absolute atomic E-state index is 0.443. The molecule has 1 saturated heterocycles. The molecule has 4 rings (SSSR count). The van der Waals surface area contributed by atoms with Crippen molar-refractivity contribution in [1.82, 2.24) is 25.3 Å². The lowest BCUT2D eigenvalue weighted by atomic mass is 10.2. The highest BCUT2D eigenvalue weighted by Crippen LogP contribution is 2.25. The molecule has 2 N–H and O–H groups in total. The third-order valence-corrected chi connectivity index (χ3v) is 5.62. The normalized spacial score (nSPS) is 16.6. The van der Waals surface area contributed by atoms with Gasteiger partial charge in [0.2, 0.25) is 0 Å². The molecule has 140 valence electrons. The van der Waals surface area contributed by atoms with E-state index in [1.54, 1.807) is 23.9 Å². The van der Waals surface area contributed by atoms with E-state index in [2.05, 4.69) is 35.9 Å². The molecule has 27 heavy (non-hydrogen) atoms. The fraction of sp³-hybridized carbons (Fsp3) is 0.368. The molecule has 0 aliphatic carbocycles. The molecule has 0 spiro atoms. The van der Waals surface area contributed by atoms with Crippen molar-refractivity contribution in [3.63, 3.8) is 0 Å². The van der Waals surface area contributed by atoms with Crippen LogP contribution in [0.3, 0.4) is 0 Å². The third kappa shape index (κ3) is 4.23. The topological polar surface area (TPSA) is 78.9 Å². The standard InChI is InChI=1S/C19H23N7S/c1-20-17-9-18(24-13-23-17)26-8-4-5-15(26)11-21-10-14-12-27-19(25-14)16-6-2-3-7-22-16/h2-3,6-7,9,12-13,15,21H,4-5,8,10-11H2,1H3,(H,20,23,24). The second-order valence-corrected chi connectivity index (χ2v) is 7.35. The summed E-state index contributed by atoms with van der Waals surface area (Å²) in [4.78, 5) is 20.1. The van der Waals surface area contributed by atoms with Gasteiger partial charge in [-0.25, -0.2) is 15.0 Å². The van der Waals surface area contributed by atoms with Crippen LogP contribution in [0.5, 0.6) is 0 Å². The van der Waals surface area contributed by atoms with Gasteiger partial charge in [-0.15, -0.1) is 11.3 Å². The molecule has 3 aromatic rings. The zero-order valence-corrected chi connectivity index (χ0v) is 16.1. The molecule has 3 aromatic heterocycles. The first kappa shape index (κ1) is 17.8. The maximum absolute atomic E-state index is 4.70. The van der Waals surface area contributed by atoms with Crippen LogP contribution in [0.1, 0.15) is 18.5 Å². The Morgan fingerprint density at radius 1 is 1.26 bits per heavy atom. The number of anilines is 2. The third-order valence-electron chi connectivity index (χ3n) is 4.70. The minimum Gasteiger partial charge on any atom is -0.373 e. The van der Waals surface area contributed by atoms with Crippen molar-refractivity contribution >= 4 is 23.0 Å². The van der Waals surface area contributed by atoms with E-state index < -0.39 is 0 Å². The summed E-state index contributed by atoms with van der Waals surface area (Å²) in [5, 5.41) is 9.71. The van der Waals surface area contributed by atoms with Crippen LogP contribution in [-0.4, -0.2) is 46.1 Å². The molecule has 1 aliphatic heterocycles. The molecule has 0 radical (unpaired) electrons. The average Bonchev–Trinajstić information content (AvgIpc) is 3.38. The van der Waals surface area contributed by atoms with Crippen molar-refractivity contribution in [3.05, 3.63) is 47.9 Å². The van der Waals surface area contributed by atoms with Gasteiger partial charge in [0, 0.05) is 50.4 Å². The molecule has 0 bridgehead atoms. The summed E-state index contributed by atoms with van der Waals surface area (Å²) in [7, 11) is 1.88. The number of nitrogens with zero attached hydrogens (tertiary/aromatic N) is 5. The van der Waals surface area contributed by atoms with Crippen LogP contribution < -0.4 is 15.5 Å². The average molecular weight is 382 g/mol. The Kier molecular flexibility index (Phi) is 5.55. The minimum atomic E-state index is 0.443. The Bertz CT molecular complexity index is 867. The second kappa shape index (κ2) is 8.41. The lowest BCUT2D eigenvalue weighted by Crippen LogP contribution is -2.38. The number of nitrogens with one attached hydrogen (secondary N) is 2. The summed E-state index contributed by atoms with van der Waals surface area (Å²) in [5.41, 5.74) is 1.99. The van der Waals surface area contributed by atoms with Gasteiger partial charge in [0.25, 0.3) is 0 Å². The molecule has 0 amide bonds. The maximum Gasteiger partial charge on any atom is 0.142 e. The highest BCUT2D eigenvalue weighted by molar-refractivity contribution is 7.13. The maximum atomic E-state index is 4.70. The van der Waals surface area contributed by atoms with Crippen molar-refractivity contribution in [3.8, 4) is 10.7 Å². The Morgan fingerprint density at radius 2 is 2.22 bits per heavy atom. The van der Waals surface area contributed by atoms with Crippen molar-refractivity contribution < 1.29 is 0 Å². The molecule has 1 unspecified atom stereocenters. The monoisotopic (exact) mass is 381 g/mol. The molecule has 1 atom stereocenters. The molecule has 1 fully saturated rings. The quantitative estimate of drug-likeness (QED) is 0.651. The summed E-state index contributed by atoms with van der Waals surface area (Å²) in [5.74, 6) is 1.84. The van der Waals surface area contributed by atoms with Crippen LogP contribution in [0.15, 0.2) is 42.2 Å². The molecule has 1 aliphatic rings. The lowest BCUT2D eigenvalue weighted by Gasteiger charge is -2.26. The van der Waals surface area contributed by atoms with Crippen LogP contribution >= 0.6 is 11.3 Å². The van der Waals surface area contributed by atoms with Gasteiger partial charge in [-0.2, -0.15) is 0 Å². The van der Waals surface area contributed by atoms with E-state index in [0.717, 1.165) is 47.7 Å². The van der Waals surface area contributed by atoms with Gasteiger partial charge in [0.1, 0.15) is 23.0 Å². The van der Waals surface area contributed by atoms with Gasteiger partial charge >= 0.3 is 0 Å². The first-order valence-electron chi connectivity index (χ1n) is 9.16. The summed E-state index contributed by atoms with van der Waals surface area (Å²) < 4.78 is 0. The Labute approximate surface area is 162 Å². The summed E-state index contributed by atoms with van der Waals surface area (Å²) >= 11 is 1.64. The van der Waals surface area contributed by atoms with Crippen molar-refractivity contribution in [1.29, 1.82) is 0 Å². The number of thiazole rings is 1. The van der Waals surface area contributed by atoms with E-state index in [1.807, 2.05) is 31.3 Å². The molecular formula is C19H23N7S. The van der Waals surface area contributed by atoms with E-state index in [0.29, 0.717) is 6.04 Å². The van der Waals surface area contributed by atoms with Crippen LogP contribution in [0.2, 0.25) is 0 Å². The predicted octanol–water partition coefficient (Wildman–Crippen LogP) is 2.80. The largest absolute Gasteiger partial charge is 0.373 e. The SMILES string of the molecule is CNc1cc(N2CCCC2CNCc2csc(-c3ccccn3)n2)ncn1. The van der Waals surface area contributed by atoms with E-state index in [1.165, 1.54) is 12.8 Å². The summed E-state index contributed by atoms with van der Waals surface area (Å²) in [6, 6.07) is 8.36. The highest BCUT2D eigenvalue weighted by Gasteiger charge is 2.25. The van der Waals surface area contributed by atoms with Crippen molar-refractivity contribution in [2.75, 3.05) is 30.4 Å². The predicted molar refractivity (Wildman–Crippen MR) is 109 cm³/mol. The molecule has 0 saturated carbocycles.